The van der Waals surface area contributed by atoms with Crippen LogP contribution >= 0.6 is 11.8 Å². The number of fused-ring (bicyclic) bond motifs is 3. The molecule has 1 aromatic heterocycles. The number of hydrogen-bond donors (Lipinski definition) is 1. The maximum atomic E-state index is 5.99. The number of hydrogen-bond acceptors (Lipinski definition) is 3. The molecule has 2 N–H and O–H groups in total. The van der Waals surface area contributed by atoms with E-state index in [0.717, 1.165) is 12.1 Å². The predicted octanol–water partition coefficient (Wildman–Crippen LogP) is 2.19. The first-order valence-electron chi connectivity index (χ1n) is 4.63. The Kier molecular flexibility index (Phi) is 1.67. The predicted molar refractivity (Wildman–Crippen MR) is 58.7 cm³/mol. The third-order valence-corrected chi connectivity index (χ3v) is 3.94. The molecule has 3 heteroatoms. The first-order chi connectivity index (χ1) is 6.86. The van der Waals surface area contributed by atoms with Gasteiger partial charge in [0, 0.05) is 33.8 Å². The average molecular weight is 202 g/mol. The van der Waals surface area contributed by atoms with Crippen molar-refractivity contribution in [2.24, 2.45) is 5.73 Å². The van der Waals surface area contributed by atoms with Crippen molar-refractivity contribution in [3.05, 3.63) is 41.9 Å². The number of rotatable bonds is 0. The molecule has 0 spiro atoms. The molecule has 0 bridgehead atoms. The van der Waals surface area contributed by atoms with E-state index in [2.05, 4.69) is 17.1 Å². The molecule has 14 heavy (non-hydrogen) atoms. The van der Waals surface area contributed by atoms with Crippen molar-refractivity contribution in [2.75, 3.05) is 0 Å². The van der Waals surface area contributed by atoms with E-state index in [-0.39, 0.29) is 0 Å². The van der Waals surface area contributed by atoms with Crippen LogP contribution in [0.1, 0.15) is 12.0 Å². The van der Waals surface area contributed by atoms with E-state index < -0.39 is 0 Å². The highest BCUT2D eigenvalue weighted by Gasteiger charge is 2.30. The zero-order chi connectivity index (χ0) is 9.54. The molecule has 2 nitrogen and oxygen atoms in total. The first kappa shape index (κ1) is 8.12. The molecule has 0 fully saturated rings. The Morgan fingerprint density at radius 3 is 3.36 bits per heavy atom. The molecular formula is C11H10N2S. The fourth-order valence-corrected chi connectivity index (χ4v) is 3.31. The van der Waals surface area contributed by atoms with E-state index in [1.54, 1.807) is 0 Å². The standard InChI is InChI=1S/C11H10N2S/c12-8-2-1-3-10-11(8)7-6-13-5-4-9(7)14-10/h1-2,4-6,10H,3,12H2. The summed E-state index contributed by atoms with van der Waals surface area (Å²) in [7, 11) is 0. The van der Waals surface area contributed by atoms with E-state index in [9.17, 15) is 0 Å². The quantitative estimate of drug-likeness (QED) is 0.701. The number of pyridine rings is 1. The Hall–Kier alpha value is -1.22. The Balaban J connectivity index is 2.23. The minimum absolute atomic E-state index is 0.513. The van der Waals surface area contributed by atoms with Gasteiger partial charge in [0.1, 0.15) is 0 Å². The number of allylic oxidation sites excluding steroid dienone is 2. The molecule has 70 valence electrons. The van der Waals surface area contributed by atoms with Crippen molar-refractivity contribution < 1.29 is 0 Å². The zero-order valence-electron chi connectivity index (χ0n) is 7.60. The van der Waals surface area contributed by atoms with Crippen molar-refractivity contribution in [1.29, 1.82) is 0 Å². The fraction of sp³-hybridized carbons (Fsp3) is 0.182. The van der Waals surface area contributed by atoms with Crippen molar-refractivity contribution in [2.45, 2.75) is 16.6 Å². The Labute approximate surface area is 86.9 Å². The van der Waals surface area contributed by atoms with Crippen molar-refractivity contribution >= 4 is 17.3 Å². The van der Waals surface area contributed by atoms with E-state index in [4.69, 9.17) is 5.73 Å². The fourth-order valence-electron chi connectivity index (χ4n) is 1.99. The lowest BCUT2D eigenvalue weighted by atomic mass is 9.96. The first-order valence-corrected chi connectivity index (χ1v) is 5.51. The average Bonchev–Trinajstić information content (AvgIpc) is 2.57. The molecule has 1 atom stereocenters. The number of thioether (sulfide) groups is 1. The third kappa shape index (κ3) is 1.02. The number of nitrogens with two attached hydrogens (primary N) is 1. The molecule has 0 aromatic carbocycles. The van der Waals surface area contributed by atoms with Crippen molar-refractivity contribution in [1.82, 2.24) is 4.98 Å². The Morgan fingerprint density at radius 2 is 2.43 bits per heavy atom. The lowest BCUT2D eigenvalue weighted by molar-refractivity contribution is 1.06. The highest BCUT2D eigenvalue weighted by molar-refractivity contribution is 8.00. The van der Waals surface area contributed by atoms with Crippen LogP contribution in [0.15, 0.2) is 41.2 Å². The monoisotopic (exact) mass is 202 g/mol. The zero-order valence-corrected chi connectivity index (χ0v) is 8.42. The number of aromatic nitrogens is 1. The van der Waals surface area contributed by atoms with Crippen LogP contribution in [0, 0.1) is 0 Å². The van der Waals surface area contributed by atoms with Crippen LogP contribution in [0.25, 0.3) is 5.57 Å². The second-order valence-electron chi connectivity index (χ2n) is 3.49. The second kappa shape index (κ2) is 2.89. The summed E-state index contributed by atoms with van der Waals surface area (Å²) >= 11 is 1.89. The molecule has 1 aromatic rings. The van der Waals surface area contributed by atoms with Gasteiger partial charge < -0.3 is 5.73 Å². The van der Waals surface area contributed by atoms with Gasteiger partial charge in [0.25, 0.3) is 0 Å². The smallest absolute Gasteiger partial charge is 0.0406 e. The van der Waals surface area contributed by atoms with Gasteiger partial charge in [-0.25, -0.2) is 0 Å². The summed E-state index contributed by atoms with van der Waals surface area (Å²) < 4.78 is 0. The summed E-state index contributed by atoms with van der Waals surface area (Å²) in [5, 5.41) is 0.513. The molecule has 0 saturated heterocycles. The normalized spacial score (nSPS) is 23.6. The van der Waals surface area contributed by atoms with Crippen LogP contribution in [0.4, 0.5) is 0 Å². The Morgan fingerprint density at radius 1 is 1.50 bits per heavy atom. The van der Waals surface area contributed by atoms with Gasteiger partial charge >= 0.3 is 0 Å². The molecule has 2 aliphatic rings. The molecule has 1 aliphatic carbocycles. The molecular weight excluding hydrogens is 192 g/mol. The summed E-state index contributed by atoms with van der Waals surface area (Å²) in [5.41, 5.74) is 9.39. The van der Waals surface area contributed by atoms with Gasteiger partial charge in [-0.3, -0.25) is 4.98 Å². The van der Waals surface area contributed by atoms with Crippen molar-refractivity contribution in [3.63, 3.8) is 0 Å². The van der Waals surface area contributed by atoms with Crippen LogP contribution in [0.3, 0.4) is 0 Å². The molecule has 1 aliphatic heterocycles. The summed E-state index contributed by atoms with van der Waals surface area (Å²) in [5.74, 6) is 0. The molecule has 1 unspecified atom stereocenters. The van der Waals surface area contributed by atoms with Gasteiger partial charge in [-0.1, -0.05) is 6.08 Å². The molecule has 2 heterocycles. The molecule has 0 radical (unpaired) electrons. The van der Waals surface area contributed by atoms with E-state index >= 15 is 0 Å². The van der Waals surface area contributed by atoms with Crippen LogP contribution < -0.4 is 5.73 Å². The van der Waals surface area contributed by atoms with Gasteiger partial charge in [0.15, 0.2) is 0 Å². The summed E-state index contributed by atoms with van der Waals surface area (Å²) in [6.45, 7) is 0. The van der Waals surface area contributed by atoms with Crippen LogP contribution in [-0.2, 0) is 0 Å². The molecule has 0 saturated carbocycles. The second-order valence-corrected chi connectivity index (χ2v) is 4.73. The summed E-state index contributed by atoms with van der Waals surface area (Å²) in [6.07, 6.45) is 9.00. The van der Waals surface area contributed by atoms with Gasteiger partial charge in [-0.2, -0.15) is 0 Å². The largest absolute Gasteiger partial charge is 0.398 e. The highest BCUT2D eigenvalue weighted by atomic mass is 32.2. The minimum Gasteiger partial charge on any atom is -0.398 e. The van der Waals surface area contributed by atoms with E-state index in [0.29, 0.717) is 5.25 Å². The van der Waals surface area contributed by atoms with Gasteiger partial charge in [0.2, 0.25) is 0 Å². The topological polar surface area (TPSA) is 38.9 Å². The maximum Gasteiger partial charge on any atom is 0.0406 e. The minimum atomic E-state index is 0.513. The maximum absolute atomic E-state index is 5.99. The van der Waals surface area contributed by atoms with E-state index in [1.165, 1.54) is 16.0 Å². The van der Waals surface area contributed by atoms with Crippen LogP contribution in [0.5, 0.6) is 0 Å². The van der Waals surface area contributed by atoms with Gasteiger partial charge in [-0.15, -0.1) is 11.8 Å². The van der Waals surface area contributed by atoms with Gasteiger partial charge in [-0.05, 0) is 24.1 Å². The Bertz CT molecular complexity index is 448. The molecule has 0 amide bonds. The van der Waals surface area contributed by atoms with Crippen LogP contribution in [0.2, 0.25) is 0 Å². The lowest BCUT2D eigenvalue weighted by Gasteiger charge is -2.15. The third-order valence-electron chi connectivity index (χ3n) is 2.62. The number of nitrogens with zero attached hydrogens (tertiary/aromatic N) is 1. The van der Waals surface area contributed by atoms with Gasteiger partial charge in [0.05, 0.1) is 0 Å². The SMILES string of the molecule is NC1=C2c3cnccc3SC2CC=C1. The summed E-state index contributed by atoms with van der Waals surface area (Å²) in [4.78, 5) is 5.47. The van der Waals surface area contributed by atoms with E-state index in [1.807, 2.05) is 30.2 Å². The highest BCUT2D eigenvalue weighted by Crippen LogP contribution is 2.48. The van der Waals surface area contributed by atoms with Crippen LogP contribution in [-0.4, -0.2) is 10.2 Å². The summed E-state index contributed by atoms with van der Waals surface area (Å²) in [6, 6.07) is 2.07. The van der Waals surface area contributed by atoms with Crippen molar-refractivity contribution in [3.8, 4) is 0 Å². The molecule has 3 rings (SSSR count). The lowest BCUT2D eigenvalue weighted by Crippen LogP contribution is -2.10.